The van der Waals surface area contributed by atoms with Crippen molar-refractivity contribution in [2.45, 2.75) is 44.2 Å². The maximum atomic E-state index is 11.8. The summed E-state index contributed by atoms with van der Waals surface area (Å²) in [6.45, 7) is 2.21. The van der Waals surface area contributed by atoms with E-state index in [1.807, 2.05) is 60.7 Å². The molecule has 2 aromatic carbocycles. The first-order valence-corrected chi connectivity index (χ1v) is 8.60. The van der Waals surface area contributed by atoms with Crippen molar-refractivity contribution in [1.29, 1.82) is 0 Å². The van der Waals surface area contributed by atoms with Gasteiger partial charge in [0.2, 0.25) is 0 Å². The smallest absolute Gasteiger partial charge is 0.130 e. The molecule has 0 aromatic heterocycles. The average molecular weight is 311 g/mol. The lowest BCUT2D eigenvalue weighted by Crippen LogP contribution is -2.48. The number of rotatable bonds is 8. The highest BCUT2D eigenvalue weighted by Crippen LogP contribution is 2.37. The Labute approximate surface area is 140 Å². The summed E-state index contributed by atoms with van der Waals surface area (Å²) in [5.41, 5.74) is 0.919. The van der Waals surface area contributed by atoms with Gasteiger partial charge < -0.3 is 10.0 Å². The van der Waals surface area contributed by atoms with Crippen molar-refractivity contribution in [2.75, 3.05) is 14.1 Å². The van der Waals surface area contributed by atoms with Gasteiger partial charge in [0.1, 0.15) is 5.60 Å². The Bertz CT molecular complexity index is 525. The molecule has 0 heterocycles. The Hall–Kier alpha value is -1.64. The van der Waals surface area contributed by atoms with E-state index in [9.17, 15) is 5.11 Å². The molecule has 124 valence electrons. The van der Waals surface area contributed by atoms with Crippen LogP contribution in [0, 0.1) is 0 Å². The number of hydrogen-bond donors (Lipinski definition) is 1. The first kappa shape index (κ1) is 17.7. The molecular formula is C21H29NO. The number of nitrogens with zero attached hydrogens (tertiary/aromatic N) is 1. The number of unbranched alkanes of at least 4 members (excludes halogenated alkanes) is 2. The summed E-state index contributed by atoms with van der Waals surface area (Å²) in [6, 6.07) is 20.2. The van der Waals surface area contributed by atoms with Crippen molar-refractivity contribution in [3.05, 3.63) is 71.8 Å². The van der Waals surface area contributed by atoms with Crippen molar-refractivity contribution in [3.8, 4) is 0 Å². The van der Waals surface area contributed by atoms with Gasteiger partial charge in [-0.25, -0.2) is 0 Å². The van der Waals surface area contributed by atoms with Gasteiger partial charge in [-0.15, -0.1) is 0 Å². The van der Waals surface area contributed by atoms with Gasteiger partial charge in [-0.3, -0.25) is 0 Å². The maximum Gasteiger partial charge on any atom is 0.130 e. The Morgan fingerprint density at radius 1 is 0.870 bits per heavy atom. The van der Waals surface area contributed by atoms with Gasteiger partial charge in [-0.05, 0) is 31.6 Å². The lowest BCUT2D eigenvalue weighted by atomic mass is 9.77. The van der Waals surface area contributed by atoms with E-state index in [0.717, 1.165) is 24.0 Å². The molecule has 2 nitrogen and oxygen atoms in total. The van der Waals surface area contributed by atoms with Crippen molar-refractivity contribution in [1.82, 2.24) is 4.90 Å². The van der Waals surface area contributed by atoms with Crippen LogP contribution in [0.25, 0.3) is 0 Å². The molecule has 0 saturated carbocycles. The molecule has 0 spiro atoms. The second kappa shape index (κ2) is 8.28. The molecule has 0 aliphatic rings. The van der Waals surface area contributed by atoms with Crippen molar-refractivity contribution >= 4 is 0 Å². The SMILES string of the molecule is CCCCCC(N(C)C)C(O)(c1ccccc1)c1ccccc1. The van der Waals surface area contributed by atoms with Crippen LogP contribution in [0.1, 0.15) is 43.7 Å². The lowest BCUT2D eigenvalue weighted by Gasteiger charge is -2.41. The molecule has 1 N–H and O–H groups in total. The number of aliphatic hydroxyl groups is 1. The van der Waals surface area contributed by atoms with Gasteiger partial charge in [0, 0.05) is 6.04 Å². The molecule has 2 heteroatoms. The highest BCUT2D eigenvalue weighted by atomic mass is 16.3. The molecule has 1 unspecified atom stereocenters. The van der Waals surface area contributed by atoms with Gasteiger partial charge in [0.05, 0.1) is 0 Å². The zero-order chi connectivity index (χ0) is 16.7. The largest absolute Gasteiger partial charge is 0.379 e. The van der Waals surface area contributed by atoms with Crippen LogP contribution in [-0.4, -0.2) is 30.1 Å². The van der Waals surface area contributed by atoms with E-state index in [4.69, 9.17) is 0 Å². The second-order valence-electron chi connectivity index (χ2n) is 6.47. The Morgan fingerprint density at radius 2 is 1.35 bits per heavy atom. The molecule has 0 aliphatic carbocycles. The molecule has 1 atom stereocenters. The number of likely N-dealkylation sites (N-methyl/N-ethyl adjacent to an activating group) is 1. The summed E-state index contributed by atoms with van der Waals surface area (Å²) in [5.74, 6) is 0. The first-order chi connectivity index (χ1) is 11.1. The third kappa shape index (κ3) is 4.01. The fraction of sp³-hybridized carbons (Fsp3) is 0.429. The standard InChI is InChI=1S/C21H29NO/c1-4-5-8-17-20(22(2)3)21(23,18-13-9-6-10-14-18)19-15-11-7-12-16-19/h6-7,9-16,20,23H,4-5,8,17H2,1-3H3. The summed E-state index contributed by atoms with van der Waals surface area (Å²) in [7, 11) is 4.13. The van der Waals surface area contributed by atoms with Crippen LogP contribution in [0.2, 0.25) is 0 Å². The van der Waals surface area contributed by atoms with E-state index < -0.39 is 5.60 Å². The summed E-state index contributed by atoms with van der Waals surface area (Å²) >= 11 is 0. The lowest BCUT2D eigenvalue weighted by molar-refractivity contribution is -0.00804. The number of benzene rings is 2. The Morgan fingerprint density at radius 3 is 1.74 bits per heavy atom. The molecule has 2 aromatic rings. The predicted octanol–water partition coefficient (Wildman–Crippen LogP) is 4.43. The highest BCUT2D eigenvalue weighted by molar-refractivity contribution is 5.38. The Kier molecular flexibility index (Phi) is 6.37. The van der Waals surface area contributed by atoms with Crippen LogP contribution in [0.4, 0.5) is 0 Å². The van der Waals surface area contributed by atoms with E-state index in [-0.39, 0.29) is 6.04 Å². The quantitative estimate of drug-likeness (QED) is 0.729. The van der Waals surface area contributed by atoms with Crippen LogP contribution >= 0.6 is 0 Å². The molecule has 0 radical (unpaired) electrons. The fourth-order valence-corrected chi connectivity index (χ4v) is 3.36. The van der Waals surface area contributed by atoms with Crippen LogP contribution in [-0.2, 0) is 5.60 Å². The van der Waals surface area contributed by atoms with E-state index in [1.165, 1.54) is 12.8 Å². The van der Waals surface area contributed by atoms with Crippen molar-refractivity contribution in [3.63, 3.8) is 0 Å². The Balaban J connectivity index is 2.47. The van der Waals surface area contributed by atoms with E-state index in [2.05, 4.69) is 25.9 Å². The van der Waals surface area contributed by atoms with Gasteiger partial charge >= 0.3 is 0 Å². The molecular weight excluding hydrogens is 282 g/mol. The molecule has 23 heavy (non-hydrogen) atoms. The summed E-state index contributed by atoms with van der Waals surface area (Å²) in [5, 5.41) is 11.8. The summed E-state index contributed by atoms with van der Waals surface area (Å²) in [4.78, 5) is 2.16. The van der Waals surface area contributed by atoms with Crippen LogP contribution in [0.5, 0.6) is 0 Å². The number of hydrogen-bond acceptors (Lipinski definition) is 2. The van der Waals surface area contributed by atoms with Crippen molar-refractivity contribution in [2.24, 2.45) is 0 Å². The maximum absolute atomic E-state index is 11.8. The highest BCUT2D eigenvalue weighted by Gasteiger charge is 2.40. The van der Waals surface area contributed by atoms with Gasteiger partial charge in [0.15, 0.2) is 0 Å². The fourth-order valence-electron chi connectivity index (χ4n) is 3.36. The van der Waals surface area contributed by atoms with Gasteiger partial charge in [0.25, 0.3) is 0 Å². The summed E-state index contributed by atoms with van der Waals surface area (Å²) in [6.07, 6.45) is 4.49. The third-order valence-corrected chi connectivity index (χ3v) is 4.61. The molecule has 0 bridgehead atoms. The predicted molar refractivity (Wildman–Crippen MR) is 97.5 cm³/mol. The molecule has 2 rings (SSSR count). The van der Waals surface area contributed by atoms with Gasteiger partial charge in [-0.2, -0.15) is 0 Å². The van der Waals surface area contributed by atoms with E-state index >= 15 is 0 Å². The molecule has 0 saturated heterocycles. The van der Waals surface area contributed by atoms with Crippen LogP contribution in [0.3, 0.4) is 0 Å². The third-order valence-electron chi connectivity index (χ3n) is 4.61. The monoisotopic (exact) mass is 311 g/mol. The molecule has 0 amide bonds. The van der Waals surface area contributed by atoms with E-state index in [0.29, 0.717) is 0 Å². The molecule has 0 fully saturated rings. The van der Waals surface area contributed by atoms with E-state index in [1.54, 1.807) is 0 Å². The minimum absolute atomic E-state index is 0.0406. The topological polar surface area (TPSA) is 23.5 Å². The van der Waals surface area contributed by atoms with Gasteiger partial charge in [-0.1, -0.05) is 86.8 Å². The minimum atomic E-state index is -1.00. The normalized spacial score (nSPS) is 13.3. The average Bonchev–Trinajstić information content (AvgIpc) is 2.59. The zero-order valence-corrected chi connectivity index (χ0v) is 14.6. The van der Waals surface area contributed by atoms with Crippen molar-refractivity contribution < 1.29 is 5.11 Å². The summed E-state index contributed by atoms with van der Waals surface area (Å²) < 4.78 is 0. The van der Waals surface area contributed by atoms with Crippen LogP contribution < -0.4 is 0 Å². The first-order valence-electron chi connectivity index (χ1n) is 8.60. The second-order valence-corrected chi connectivity index (χ2v) is 6.47. The molecule has 0 aliphatic heterocycles. The zero-order valence-electron chi connectivity index (χ0n) is 14.6. The minimum Gasteiger partial charge on any atom is -0.379 e. The van der Waals surface area contributed by atoms with Crippen LogP contribution in [0.15, 0.2) is 60.7 Å².